The Labute approximate surface area is 123 Å². The van der Waals surface area contributed by atoms with Crippen LogP contribution in [0.2, 0.25) is 0 Å². The number of benzene rings is 2. The van der Waals surface area contributed by atoms with Gasteiger partial charge in [-0.3, -0.25) is 4.79 Å². The van der Waals surface area contributed by atoms with Crippen LogP contribution in [0.15, 0.2) is 48.5 Å². The van der Waals surface area contributed by atoms with E-state index in [0.29, 0.717) is 0 Å². The van der Waals surface area contributed by atoms with Gasteiger partial charge >= 0.3 is 0 Å². The van der Waals surface area contributed by atoms with Crippen LogP contribution in [-0.4, -0.2) is 17.6 Å². The highest BCUT2D eigenvalue weighted by Gasteiger charge is 2.44. The van der Waals surface area contributed by atoms with Crippen LogP contribution in [-0.2, 0) is 16.8 Å². The zero-order valence-corrected chi connectivity index (χ0v) is 11.7. The number of para-hydroxylation sites is 1. The number of hydrogen-bond acceptors (Lipinski definition) is 2. The van der Waals surface area contributed by atoms with E-state index in [1.807, 2.05) is 47.4 Å². The molecule has 106 valence electrons. The lowest BCUT2D eigenvalue weighted by atomic mass is 9.77. The zero-order valence-electron chi connectivity index (χ0n) is 11.7. The maximum atomic E-state index is 12.5. The Kier molecular flexibility index (Phi) is 2.66. The molecule has 4 rings (SSSR count). The van der Waals surface area contributed by atoms with E-state index in [1.165, 1.54) is 5.56 Å². The second-order valence-electron chi connectivity index (χ2n) is 5.87. The summed E-state index contributed by atoms with van der Waals surface area (Å²) in [5, 5.41) is 11.3. The Bertz CT molecular complexity index is 710. The molecule has 0 saturated carbocycles. The Morgan fingerprint density at radius 1 is 1.05 bits per heavy atom. The normalized spacial score (nSPS) is 23.9. The standard InChI is InChI=1S/C18H17NO2/c20-16-12-18(21,14-8-2-1-3-9-14)15-10-4-6-13-7-5-11-19(16)17(13)15/h1-4,6,8-10,21H,5,7,11-12H2/t18-/m0/s1. The first kappa shape index (κ1) is 12.6. The Balaban J connectivity index is 1.98. The van der Waals surface area contributed by atoms with E-state index in [2.05, 4.69) is 6.07 Å². The molecule has 1 amide bonds. The summed E-state index contributed by atoms with van der Waals surface area (Å²) in [5.41, 5.74) is 2.55. The Morgan fingerprint density at radius 3 is 2.67 bits per heavy atom. The van der Waals surface area contributed by atoms with Crippen molar-refractivity contribution in [3.8, 4) is 0 Å². The number of aliphatic hydroxyl groups is 1. The first-order valence-corrected chi connectivity index (χ1v) is 7.41. The van der Waals surface area contributed by atoms with Gasteiger partial charge in [-0.15, -0.1) is 0 Å². The van der Waals surface area contributed by atoms with E-state index in [4.69, 9.17) is 0 Å². The number of anilines is 1. The van der Waals surface area contributed by atoms with Crippen molar-refractivity contribution in [2.24, 2.45) is 0 Å². The van der Waals surface area contributed by atoms with Gasteiger partial charge < -0.3 is 10.0 Å². The fraction of sp³-hybridized carbons (Fsp3) is 0.278. The van der Waals surface area contributed by atoms with Gasteiger partial charge in [0, 0.05) is 12.1 Å². The molecule has 2 aromatic carbocycles. The molecule has 0 radical (unpaired) electrons. The van der Waals surface area contributed by atoms with E-state index >= 15 is 0 Å². The van der Waals surface area contributed by atoms with Crippen LogP contribution < -0.4 is 4.90 Å². The highest BCUT2D eigenvalue weighted by molar-refractivity contribution is 5.99. The third-order valence-electron chi connectivity index (χ3n) is 4.62. The quantitative estimate of drug-likeness (QED) is 0.871. The molecule has 2 aliphatic heterocycles. The topological polar surface area (TPSA) is 40.5 Å². The molecule has 0 aliphatic carbocycles. The maximum absolute atomic E-state index is 12.5. The van der Waals surface area contributed by atoms with E-state index in [-0.39, 0.29) is 12.3 Å². The maximum Gasteiger partial charge on any atom is 0.230 e. The molecule has 2 aromatic rings. The highest BCUT2D eigenvalue weighted by Crippen LogP contribution is 2.46. The van der Waals surface area contributed by atoms with Gasteiger partial charge in [0.1, 0.15) is 5.60 Å². The fourth-order valence-corrected chi connectivity index (χ4v) is 3.62. The summed E-state index contributed by atoms with van der Waals surface area (Å²) in [5.74, 6) is 0.0148. The summed E-state index contributed by atoms with van der Waals surface area (Å²) in [4.78, 5) is 14.4. The monoisotopic (exact) mass is 279 g/mol. The van der Waals surface area contributed by atoms with Crippen LogP contribution in [0, 0.1) is 0 Å². The molecular weight excluding hydrogens is 262 g/mol. The van der Waals surface area contributed by atoms with Crippen molar-refractivity contribution in [3.05, 3.63) is 65.2 Å². The third kappa shape index (κ3) is 1.74. The van der Waals surface area contributed by atoms with Crippen LogP contribution >= 0.6 is 0 Å². The molecule has 0 aromatic heterocycles. The average molecular weight is 279 g/mol. The fourth-order valence-electron chi connectivity index (χ4n) is 3.62. The zero-order chi connectivity index (χ0) is 14.4. The number of aryl methyl sites for hydroxylation is 1. The van der Waals surface area contributed by atoms with Gasteiger partial charge in [0.05, 0.1) is 12.1 Å². The lowest BCUT2D eigenvalue weighted by molar-refractivity contribution is -0.123. The molecule has 0 spiro atoms. The minimum atomic E-state index is -1.21. The van der Waals surface area contributed by atoms with E-state index < -0.39 is 5.60 Å². The number of nitrogens with zero attached hydrogens (tertiary/aromatic N) is 1. The molecule has 1 atom stereocenters. The summed E-state index contributed by atoms with van der Waals surface area (Å²) in [6.45, 7) is 0.758. The lowest BCUT2D eigenvalue weighted by Gasteiger charge is -2.42. The minimum Gasteiger partial charge on any atom is -0.380 e. The van der Waals surface area contributed by atoms with Gasteiger partial charge in [-0.05, 0) is 24.0 Å². The molecule has 21 heavy (non-hydrogen) atoms. The number of hydrogen-bond donors (Lipinski definition) is 1. The van der Waals surface area contributed by atoms with Crippen molar-refractivity contribution in [2.45, 2.75) is 24.9 Å². The molecule has 0 unspecified atom stereocenters. The van der Waals surface area contributed by atoms with E-state index in [1.54, 1.807) is 0 Å². The number of rotatable bonds is 1. The van der Waals surface area contributed by atoms with Crippen LogP contribution in [0.3, 0.4) is 0 Å². The van der Waals surface area contributed by atoms with Crippen molar-refractivity contribution in [3.63, 3.8) is 0 Å². The highest BCUT2D eigenvalue weighted by atomic mass is 16.3. The average Bonchev–Trinajstić information content (AvgIpc) is 2.53. The molecule has 0 fully saturated rings. The summed E-state index contributed by atoms with van der Waals surface area (Å²) in [7, 11) is 0. The van der Waals surface area contributed by atoms with Crippen LogP contribution in [0.4, 0.5) is 5.69 Å². The van der Waals surface area contributed by atoms with E-state index in [0.717, 1.165) is 36.2 Å². The summed E-state index contributed by atoms with van der Waals surface area (Å²) in [6.07, 6.45) is 2.08. The SMILES string of the molecule is O=C1C[C@](O)(c2ccccc2)c2cccc3c2N1CCC3. The lowest BCUT2D eigenvalue weighted by Crippen LogP contribution is -2.47. The van der Waals surface area contributed by atoms with Gasteiger partial charge in [0.25, 0.3) is 0 Å². The van der Waals surface area contributed by atoms with Crippen LogP contribution in [0.25, 0.3) is 0 Å². The van der Waals surface area contributed by atoms with Gasteiger partial charge in [-0.25, -0.2) is 0 Å². The smallest absolute Gasteiger partial charge is 0.230 e. The van der Waals surface area contributed by atoms with Gasteiger partial charge in [0.15, 0.2) is 0 Å². The van der Waals surface area contributed by atoms with Crippen molar-refractivity contribution < 1.29 is 9.90 Å². The number of amides is 1. The second kappa shape index (κ2) is 4.43. The van der Waals surface area contributed by atoms with Gasteiger partial charge in [0.2, 0.25) is 5.91 Å². The number of carbonyl (C=O) groups excluding carboxylic acids is 1. The predicted octanol–water partition coefficient (Wildman–Crippen LogP) is 2.61. The first-order chi connectivity index (χ1) is 10.2. The van der Waals surface area contributed by atoms with Gasteiger partial charge in [-0.1, -0.05) is 48.5 Å². The second-order valence-corrected chi connectivity index (χ2v) is 5.87. The molecule has 0 bridgehead atoms. The Morgan fingerprint density at radius 2 is 1.86 bits per heavy atom. The number of carbonyl (C=O) groups is 1. The molecule has 1 N–H and O–H groups in total. The Hall–Kier alpha value is -2.13. The first-order valence-electron chi connectivity index (χ1n) is 7.41. The van der Waals surface area contributed by atoms with Crippen molar-refractivity contribution in [1.82, 2.24) is 0 Å². The van der Waals surface area contributed by atoms with Crippen molar-refractivity contribution >= 4 is 11.6 Å². The molecular formula is C18H17NO2. The summed E-state index contributed by atoms with van der Waals surface area (Å²) >= 11 is 0. The van der Waals surface area contributed by atoms with Crippen LogP contribution in [0.1, 0.15) is 29.5 Å². The predicted molar refractivity (Wildman–Crippen MR) is 81.2 cm³/mol. The van der Waals surface area contributed by atoms with Crippen LogP contribution in [0.5, 0.6) is 0 Å². The van der Waals surface area contributed by atoms with Gasteiger partial charge in [-0.2, -0.15) is 0 Å². The van der Waals surface area contributed by atoms with Crippen molar-refractivity contribution in [1.29, 1.82) is 0 Å². The summed E-state index contributed by atoms with van der Waals surface area (Å²) in [6, 6.07) is 15.5. The summed E-state index contributed by atoms with van der Waals surface area (Å²) < 4.78 is 0. The molecule has 3 nitrogen and oxygen atoms in total. The van der Waals surface area contributed by atoms with E-state index in [9.17, 15) is 9.90 Å². The molecule has 2 heterocycles. The molecule has 3 heteroatoms. The molecule has 0 saturated heterocycles. The minimum absolute atomic E-state index is 0.0148. The third-order valence-corrected chi connectivity index (χ3v) is 4.62. The largest absolute Gasteiger partial charge is 0.380 e. The van der Waals surface area contributed by atoms with Crippen molar-refractivity contribution in [2.75, 3.05) is 11.4 Å². The molecule has 2 aliphatic rings.